The Morgan fingerprint density at radius 3 is 2.61 bits per heavy atom. The number of carbonyl (C=O) groups is 1. The maximum Gasteiger partial charge on any atom is 0.271 e. The van der Waals surface area contributed by atoms with E-state index in [1.54, 1.807) is 31.2 Å². The Kier molecular flexibility index (Phi) is 6.98. The largest absolute Gasteiger partial charge is 0.326 e. The van der Waals surface area contributed by atoms with E-state index >= 15 is 0 Å². The van der Waals surface area contributed by atoms with Crippen LogP contribution in [0.4, 0.5) is 17.1 Å². The van der Waals surface area contributed by atoms with Crippen LogP contribution >= 0.6 is 11.6 Å². The molecule has 10 heteroatoms. The van der Waals surface area contributed by atoms with Crippen LogP contribution < -0.4 is 9.62 Å². The number of anilines is 2. The number of sulfonamides is 1. The van der Waals surface area contributed by atoms with Crippen LogP contribution in [0.25, 0.3) is 0 Å². The second-order valence-electron chi connectivity index (χ2n) is 6.23. The molecule has 0 aliphatic carbocycles. The number of benzene rings is 2. The lowest BCUT2D eigenvalue weighted by molar-refractivity contribution is -0.384. The third-order valence-electron chi connectivity index (χ3n) is 3.95. The summed E-state index contributed by atoms with van der Waals surface area (Å²) in [6.07, 6.45) is 1.41. The van der Waals surface area contributed by atoms with Crippen molar-refractivity contribution in [3.05, 3.63) is 63.2 Å². The first-order valence-corrected chi connectivity index (χ1v) is 10.6. The van der Waals surface area contributed by atoms with Crippen LogP contribution in [0.15, 0.2) is 42.5 Å². The van der Waals surface area contributed by atoms with Crippen molar-refractivity contribution in [1.82, 2.24) is 0 Å². The number of carbonyl (C=O) groups excluding carboxylic acids is 1. The van der Waals surface area contributed by atoms with Crippen LogP contribution in [-0.4, -0.2) is 32.0 Å². The number of aryl methyl sites for hydroxylation is 1. The summed E-state index contributed by atoms with van der Waals surface area (Å²) < 4.78 is 25.6. The SMILES string of the molecule is Cc1ccc(Cl)cc1N(CCCC(=O)Nc1cccc([N+](=O)[O-])c1)S(C)(=O)=O. The number of non-ortho nitro benzene ring substituents is 1. The highest BCUT2D eigenvalue weighted by atomic mass is 35.5. The molecule has 0 bridgehead atoms. The van der Waals surface area contributed by atoms with E-state index in [1.807, 2.05) is 0 Å². The minimum atomic E-state index is -3.56. The summed E-state index contributed by atoms with van der Waals surface area (Å²) in [5.74, 6) is -0.364. The molecule has 1 amide bonds. The summed E-state index contributed by atoms with van der Waals surface area (Å²) >= 11 is 5.99. The third kappa shape index (κ3) is 5.93. The van der Waals surface area contributed by atoms with Crippen molar-refractivity contribution < 1.29 is 18.1 Å². The summed E-state index contributed by atoms with van der Waals surface area (Å²) in [6.45, 7) is 1.88. The Hall–Kier alpha value is -2.65. The Morgan fingerprint density at radius 1 is 1.25 bits per heavy atom. The van der Waals surface area contributed by atoms with Gasteiger partial charge in [-0.05, 0) is 37.1 Å². The van der Waals surface area contributed by atoms with Crippen molar-refractivity contribution in [3.63, 3.8) is 0 Å². The second-order valence-corrected chi connectivity index (χ2v) is 8.57. The van der Waals surface area contributed by atoms with Crippen molar-refractivity contribution in [3.8, 4) is 0 Å². The average molecular weight is 426 g/mol. The summed E-state index contributed by atoms with van der Waals surface area (Å²) in [7, 11) is -3.56. The molecule has 1 N–H and O–H groups in total. The Morgan fingerprint density at radius 2 is 1.96 bits per heavy atom. The predicted octanol–water partition coefficient (Wildman–Crippen LogP) is 3.74. The fourth-order valence-electron chi connectivity index (χ4n) is 2.62. The summed E-state index contributed by atoms with van der Waals surface area (Å²) in [6, 6.07) is 10.6. The highest BCUT2D eigenvalue weighted by Gasteiger charge is 2.20. The standard InChI is InChI=1S/C18H20ClN3O5S/c1-13-8-9-14(19)11-17(13)21(28(2,26)27)10-4-7-18(23)20-15-5-3-6-16(12-15)22(24)25/h3,5-6,8-9,11-12H,4,7,10H2,1-2H3,(H,20,23). The molecule has 0 aliphatic heterocycles. The van der Waals surface area contributed by atoms with Gasteiger partial charge in [-0.25, -0.2) is 8.42 Å². The van der Waals surface area contributed by atoms with Gasteiger partial charge in [-0.1, -0.05) is 23.7 Å². The number of hydrogen-bond donors (Lipinski definition) is 1. The molecule has 0 atom stereocenters. The van der Waals surface area contributed by atoms with E-state index in [0.717, 1.165) is 11.8 Å². The van der Waals surface area contributed by atoms with Crippen LogP contribution in [0.5, 0.6) is 0 Å². The fourth-order valence-corrected chi connectivity index (χ4v) is 3.80. The maximum atomic E-state index is 12.2. The van der Waals surface area contributed by atoms with Crippen molar-refractivity contribution in [2.24, 2.45) is 0 Å². The van der Waals surface area contributed by atoms with Gasteiger partial charge in [-0.3, -0.25) is 19.2 Å². The lowest BCUT2D eigenvalue weighted by Crippen LogP contribution is -2.32. The minimum Gasteiger partial charge on any atom is -0.326 e. The molecule has 2 rings (SSSR count). The Balaban J connectivity index is 2.02. The second kappa shape index (κ2) is 9.03. The lowest BCUT2D eigenvalue weighted by Gasteiger charge is -2.24. The first-order chi connectivity index (χ1) is 13.1. The van der Waals surface area contributed by atoms with Gasteiger partial charge in [0.25, 0.3) is 5.69 Å². The zero-order chi connectivity index (χ0) is 20.9. The molecule has 0 saturated carbocycles. The van der Waals surface area contributed by atoms with Crippen LogP contribution in [0.3, 0.4) is 0 Å². The van der Waals surface area contributed by atoms with Gasteiger partial charge in [0, 0.05) is 35.8 Å². The molecule has 0 radical (unpaired) electrons. The van der Waals surface area contributed by atoms with Gasteiger partial charge in [-0.2, -0.15) is 0 Å². The number of amides is 1. The van der Waals surface area contributed by atoms with Crippen LogP contribution in [0.1, 0.15) is 18.4 Å². The maximum absolute atomic E-state index is 12.2. The molecule has 0 aromatic heterocycles. The number of nitrogens with zero attached hydrogens (tertiary/aromatic N) is 2. The molecule has 2 aromatic rings. The number of rotatable bonds is 8. The molecule has 0 unspecified atom stereocenters. The Labute approximate surface area is 168 Å². The average Bonchev–Trinajstić information content (AvgIpc) is 2.60. The molecule has 8 nitrogen and oxygen atoms in total. The number of nitro groups is 1. The van der Waals surface area contributed by atoms with Gasteiger partial charge in [-0.15, -0.1) is 0 Å². The zero-order valence-electron chi connectivity index (χ0n) is 15.4. The molecular formula is C18H20ClN3O5S. The van der Waals surface area contributed by atoms with Crippen LogP contribution in [-0.2, 0) is 14.8 Å². The van der Waals surface area contributed by atoms with Gasteiger partial charge in [0.1, 0.15) is 0 Å². The van der Waals surface area contributed by atoms with E-state index in [-0.39, 0.29) is 31.0 Å². The number of halogens is 1. The first kappa shape index (κ1) is 21.6. The summed E-state index contributed by atoms with van der Waals surface area (Å²) in [4.78, 5) is 22.4. The molecule has 0 aliphatic rings. The predicted molar refractivity (Wildman–Crippen MR) is 109 cm³/mol. The zero-order valence-corrected chi connectivity index (χ0v) is 17.0. The highest BCUT2D eigenvalue weighted by molar-refractivity contribution is 7.92. The molecule has 0 spiro atoms. The van der Waals surface area contributed by atoms with E-state index in [1.165, 1.54) is 22.5 Å². The quantitative estimate of drug-likeness (QED) is 0.511. The van der Waals surface area contributed by atoms with Crippen molar-refractivity contribution in [2.75, 3.05) is 22.4 Å². The molecule has 0 heterocycles. The molecule has 0 saturated heterocycles. The summed E-state index contributed by atoms with van der Waals surface area (Å²) in [5, 5.41) is 13.8. The molecule has 28 heavy (non-hydrogen) atoms. The van der Waals surface area contributed by atoms with E-state index in [9.17, 15) is 23.3 Å². The Bertz CT molecular complexity index is 994. The van der Waals surface area contributed by atoms with Gasteiger partial charge >= 0.3 is 0 Å². The molecule has 2 aromatic carbocycles. The van der Waals surface area contributed by atoms with E-state index in [2.05, 4.69) is 5.32 Å². The topological polar surface area (TPSA) is 110 Å². The number of nitrogens with one attached hydrogen (secondary N) is 1. The van der Waals surface area contributed by atoms with E-state index < -0.39 is 14.9 Å². The van der Waals surface area contributed by atoms with Gasteiger partial charge in [0.15, 0.2) is 0 Å². The van der Waals surface area contributed by atoms with Crippen molar-refractivity contribution in [2.45, 2.75) is 19.8 Å². The van der Waals surface area contributed by atoms with Crippen molar-refractivity contribution >= 4 is 44.6 Å². The van der Waals surface area contributed by atoms with Gasteiger partial charge in [0.2, 0.25) is 15.9 Å². The van der Waals surface area contributed by atoms with Crippen molar-refractivity contribution in [1.29, 1.82) is 0 Å². The molecule has 0 fully saturated rings. The van der Waals surface area contributed by atoms with E-state index in [4.69, 9.17) is 11.6 Å². The minimum absolute atomic E-state index is 0.0499. The third-order valence-corrected chi connectivity index (χ3v) is 5.36. The van der Waals surface area contributed by atoms with Gasteiger partial charge in [0.05, 0.1) is 16.9 Å². The normalized spacial score (nSPS) is 11.1. The van der Waals surface area contributed by atoms with Gasteiger partial charge < -0.3 is 5.32 Å². The summed E-state index contributed by atoms with van der Waals surface area (Å²) in [5.41, 5.74) is 1.40. The molecular weight excluding hydrogens is 406 g/mol. The fraction of sp³-hybridized carbons (Fsp3) is 0.278. The van der Waals surface area contributed by atoms with E-state index in [0.29, 0.717) is 16.4 Å². The smallest absolute Gasteiger partial charge is 0.271 e. The number of nitro benzene ring substituents is 1. The first-order valence-electron chi connectivity index (χ1n) is 8.36. The number of hydrogen-bond acceptors (Lipinski definition) is 5. The van der Waals surface area contributed by atoms with Crippen LogP contribution in [0, 0.1) is 17.0 Å². The highest BCUT2D eigenvalue weighted by Crippen LogP contribution is 2.26. The van der Waals surface area contributed by atoms with Crippen LogP contribution in [0.2, 0.25) is 5.02 Å². The lowest BCUT2D eigenvalue weighted by atomic mass is 10.2. The monoisotopic (exact) mass is 425 g/mol. The molecule has 150 valence electrons.